The first-order valence-corrected chi connectivity index (χ1v) is 5.63. The predicted octanol–water partition coefficient (Wildman–Crippen LogP) is 1.85. The molecule has 0 saturated heterocycles. The third kappa shape index (κ3) is 6.29. The molecule has 0 aliphatic rings. The van der Waals surface area contributed by atoms with Crippen LogP contribution in [0.2, 0.25) is 0 Å². The zero-order valence-corrected chi connectivity index (χ0v) is 11.2. The molecule has 4 heteroatoms. The second kappa shape index (κ2) is 8.09. The summed E-state index contributed by atoms with van der Waals surface area (Å²) in [7, 11) is 1.83. The molecule has 1 rings (SSSR count). The lowest BCUT2D eigenvalue weighted by Crippen LogP contribution is -2.33. The number of rotatable bonds is 5. The highest BCUT2D eigenvalue weighted by molar-refractivity contribution is 5.85. The van der Waals surface area contributed by atoms with Gasteiger partial charge in [0.15, 0.2) is 0 Å². The van der Waals surface area contributed by atoms with Crippen molar-refractivity contribution < 1.29 is 4.79 Å². The normalized spacial score (nSPS) is 11.5. The molecule has 0 aliphatic heterocycles. The zero-order valence-electron chi connectivity index (χ0n) is 10.4. The molecule has 17 heavy (non-hydrogen) atoms. The van der Waals surface area contributed by atoms with Gasteiger partial charge in [-0.25, -0.2) is 0 Å². The molecule has 1 aromatic carbocycles. The van der Waals surface area contributed by atoms with Crippen LogP contribution >= 0.6 is 12.4 Å². The van der Waals surface area contributed by atoms with Gasteiger partial charge in [0, 0.05) is 26.1 Å². The van der Waals surface area contributed by atoms with Gasteiger partial charge in [0.2, 0.25) is 5.91 Å². The minimum Gasteiger partial charge on any atom is -0.345 e. The molecular weight excluding hydrogens is 236 g/mol. The lowest BCUT2D eigenvalue weighted by Gasteiger charge is -2.18. The maximum atomic E-state index is 11.6. The number of halogens is 1. The van der Waals surface area contributed by atoms with E-state index in [0.29, 0.717) is 6.42 Å². The minimum atomic E-state index is -0.0633. The van der Waals surface area contributed by atoms with Gasteiger partial charge in [-0.3, -0.25) is 4.79 Å². The van der Waals surface area contributed by atoms with E-state index >= 15 is 0 Å². The molecular formula is C13H21ClN2O. The van der Waals surface area contributed by atoms with Crippen LogP contribution in [0, 0.1) is 0 Å². The molecule has 96 valence electrons. The Morgan fingerprint density at radius 1 is 1.35 bits per heavy atom. The smallest absolute Gasteiger partial charge is 0.223 e. The summed E-state index contributed by atoms with van der Waals surface area (Å²) >= 11 is 0. The van der Waals surface area contributed by atoms with Crippen LogP contribution < -0.4 is 5.73 Å². The SMILES string of the molecule is CC(N)CC(=O)N(C)CCc1ccccc1.Cl. The second-order valence-electron chi connectivity index (χ2n) is 4.23. The Hall–Kier alpha value is -1.06. The fraction of sp³-hybridized carbons (Fsp3) is 0.462. The van der Waals surface area contributed by atoms with Gasteiger partial charge in [0.25, 0.3) is 0 Å². The van der Waals surface area contributed by atoms with Crippen LogP contribution in [0.15, 0.2) is 30.3 Å². The third-order valence-corrected chi connectivity index (χ3v) is 2.50. The lowest BCUT2D eigenvalue weighted by atomic mass is 10.1. The van der Waals surface area contributed by atoms with Crippen molar-refractivity contribution in [3.05, 3.63) is 35.9 Å². The number of nitrogens with zero attached hydrogens (tertiary/aromatic N) is 1. The Balaban J connectivity index is 0.00000256. The van der Waals surface area contributed by atoms with Crippen molar-refractivity contribution in [2.45, 2.75) is 25.8 Å². The highest BCUT2D eigenvalue weighted by Crippen LogP contribution is 2.02. The van der Waals surface area contributed by atoms with Crippen LogP contribution in [0.1, 0.15) is 18.9 Å². The average Bonchev–Trinajstić information content (AvgIpc) is 2.26. The molecule has 1 amide bonds. The molecule has 0 fully saturated rings. The van der Waals surface area contributed by atoms with Crippen LogP contribution in [0.3, 0.4) is 0 Å². The predicted molar refractivity (Wildman–Crippen MR) is 73.3 cm³/mol. The standard InChI is InChI=1S/C13H20N2O.ClH/c1-11(14)10-13(16)15(2)9-8-12-6-4-3-5-7-12;/h3-7,11H,8-10,14H2,1-2H3;1H. The summed E-state index contributed by atoms with van der Waals surface area (Å²) in [5.41, 5.74) is 6.84. The van der Waals surface area contributed by atoms with Gasteiger partial charge in [-0.15, -0.1) is 12.4 Å². The Morgan fingerprint density at radius 3 is 2.47 bits per heavy atom. The van der Waals surface area contributed by atoms with E-state index < -0.39 is 0 Å². The third-order valence-electron chi connectivity index (χ3n) is 2.50. The molecule has 0 saturated carbocycles. The number of hydrogen-bond acceptors (Lipinski definition) is 2. The minimum absolute atomic E-state index is 0. The topological polar surface area (TPSA) is 46.3 Å². The van der Waals surface area contributed by atoms with Gasteiger partial charge in [-0.1, -0.05) is 30.3 Å². The maximum absolute atomic E-state index is 11.6. The van der Waals surface area contributed by atoms with Crippen LogP contribution in [0.5, 0.6) is 0 Å². The largest absolute Gasteiger partial charge is 0.345 e. The Bertz CT molecular complexity index is 327. The Labute approximate surface area is 109 Å². The van der Waals surface area contributed by atoms with Crippen molar-refractivity contribution in [1.29, 1.82) is 0 Å². The van der Waals surface area contributed by atoms with E-state index in [4.69, 9.17) is 5.73 Å². The van der Waals surface area contributed by atoms with Crippen molar-refractivity contribution in [2.24, 2.45) is 5.73 Å². The number of nitrogens with two attached hydrogens (primary N) is 1. The highest BCUT2D eigenvalue weighted by Gasteiger charge is 2.10. The molecule has 0 aromatic heterocycles. The van der Waals surface area contributed by atoms with Crippen LogP contribution in [0.25, 0.3) is 0 Å². The molecule has 0 bridgehead atoms. The number of carbonyl (C=O) groups excluding carboxylic acids is 1. The number of hydrogen-bond donors (Lipinski definition) is 1. The summed E-state index contributed by atoms with van der Waals surface area (Å²) in [6.45, 7) is 2.60. The van der Waals surface area contributed by atoms with Gasteiger partial charge in [0.1, 0.15) is 0 Å². The van der Waals surface area contributed by atoms with Gasteiger partial charge < -0.3 is 10.6 Å². The van der Waals surface area contributed by atoms with Gasteiger partial charge >= 0.3 is 0 Å². The zero-order chi connectivity index (χ0) is 12.0. The first-order chi connectivity index (χ1) is 7.59. The number of amides is 1. The van der Waals surface area contributed by atoms with E-state index in [0.717, 1.165) is 13.0 Å². The molecule has 2 N–H and O–H groups in total. The molecule has 0 aliphatic carbocycles. The molecule has 0 radical (unpaired) electrons. The molecule has 1 unspecified atom stereocenters. The van der Waals surface area contributed by atoms with E-state index in [2.05, 4.69) is 12.1 Å². The van der Waals surface area contributed by atoms with E-state index in [9.17, 15) is 4.79 Å². The second-order valence-corrected chi connectivity index (χ2v) is 4.23. The Kier molecular flexibility index (Phi) is 7.59. The quantitative estimate of drug-likeness (QED) is 0.874. The van der Waals surface area contributed by atoms with Crippen molar-refractivity contribution in [2.75, 3.05) is 13.6 Å². The van der Waals surface area contributed by atoms with Crippen molar-refractivity contribution in [3.8, 4) is 0 Å². The van der Waals surface area contributed by atoms with Crippen LogP contribution in [-0.4, -0.2) is 30.4 Å². The summed E-state index contributed by atoms with van der Waals surface area (Å²) in [5.74, 6) is 0.117. The molecule has 1 atom stereocenters. The summed E-state index contributed by atoms with van der Waals surface area (Å²) < 4.78 is 0. The van der Waals surface area contributed by atoms with Crippen molar-refractivity contribution >= 4 is 18.3 Å². The average molecular weight is 257 g/mol. The van der Waals surface area contributed by atoms with Gasteiger partial charge in [-0.05, 0) is 18.9 Å². The Morgan fingerprint density at radius 2 is 1.94 bits per heavy atom. The monoisotopic (exact) mass is 256 g/mol. The first-order valence-electron chi connectivity index (χ1n) is 5.63. The molecule has 0 spiro atoms. The fourth-order valence-corrected chi connectivity index (χ4v) is 1.50. The van der Waals surface area contributed by atoms with Crippen LogP contribution in [0.4, 0.5) is 0 Å². The van der Waals surface area contributed by atoms with Crippen LogP contribution in [-0.2, 0) is 11.2 Å². The summed E-state index contributed by atoms with van der Waals surface area (Å²) in [4.78, 5) is 13.4. The van der Waals surface area contributed by atoms with E-state index in [1.807, 2.05) is 32.2 Å². The molecule has 3 nitrogen and oxygen atoms in total. The highest BCUT2D eigenvalue weighted by atomic mass is 35.5. The summed E-state index contributed by atoms with van der Waals surface area (Å²) in [6, 6.07) is 10.1. The van der Waals surface area contributed by atoms with Crippen molar-refractivity contribution in [3.63, 3.8) is 0 Å². The number of benzene rings is 1. The summed E-state index contributed by atoms with van der Waals surface area (Å²) in [5, 5.41) is 0. The molecule has 1 aromatic rings. The summed E-state index contributed by atoms with van der Waals surface area (Å²) in [6.07, 6.45) is 1.31. The van der Waals surface area contributed by atoms with Crippen molar-refractivity contribution in [1.82, 2.24) is 4.90 Å². The van der Waals surface area contributed by atoms with E-state index in [1.54, 1.807) is 4.90 Å². The number of carbonyl (C=O) groups is 1. The van der Waals surface area contributed by atoms with Gasteiger partial charge in [0.05, 0.1) is 0 Å². The number of likely N-dealkylation sites (N-methyl/N-ethyl adjacent to an activating group) is 1. The first kappa shape index (κ1) is 15.9. The van der Waals surface area contributed by atoms with E-state index in [1.165, 1.54) is 5.56 Å². The maximum Gasteiger partial charge on any atom is 0.223 e. The fourth-order valence-electron chi connectivity index (χ4n) is 1.50. The van der Waals surface area contributed by atoms with Gasteiger partial charge in [-0.2, -0.15) is 0 Å². The lowest BCUT2D eigenvalue weighted by molar-refractivity contribution is -0.130. The van der Waals surface area contributed by atoms with E-state index in [-0.39, 0.29) is 24.4 Å². The molecule has 0 heterocycles.